The van der Waals surface area contributed by atoms with Gasteiger partial charge in [-0.05, 0) is 6.07 Å². The van der Waals surface area contributed by atoms with Crippen molar-refractivity contribution in [3.63, 3.8) is 0 Å². The summed E-state index contributed by atoms with van der Waals surface area (Å²) in [7, 11) is 0. The van der Waals surface area contributed by atoms with Crippen LogP contribution in [0.2, 0.25) is 0 Å². The summed E-state index contributed by atoms with van der Waals surface area (Å²) >= 11 is 0. The topological polar surface area (TPSA) is 65.1 Å². The van der Waals surface area contributed by atoms with Crippen LogP contribution >= 0.6 is 0 Å². The molecular formula is C6H5N3O. The van der Waals surface area contributed by atoms with E-state index in [2.05, 4.69) is 10.3 Å². The second-order valence-electron chi connectivity index (χ2n) is 2.01. The maximum Gasteiger partial charge on any atom is 0.166 e. The zero-order valence-corrected chi connectivity index (χ0v) is 5.09. The van der Waals surface area contributed by atoms with Crippen LogP contribution in [0.5, 0.6) is 0 Å². The zero-order valence-electron chi connectivity index (χ0n) is 5.09. The summed E-state index contributed by atoms with van der Waals surface area (Å²) in [5, 5.41) is 5.85. The number of nitrogens with zero attached hydrogens (tertiary/aromatic N) is 1. The van der Waals surface area contributed by atoms with Gasteiger partial charge < -0.3 is 4.52 Å². The molecule has 1 aliphatic carbocycles. The number of fused-ring (bicyclic) bond motifs is 1. The molecule has 0 spiro atoms. The van der Waals surface area contributed by atoms with Gasteiger partial charge >= 0.3 is 0 Å². The van der Waals surface area contributed by atoms with E-state index in [4.69, 9.17) is 10.1 Å². The van der Waals surface area contributed by atoms with Gasteiger partial charge in [-0.3, -0.25) is 0 Å². The van der Waals surface area contributed by atoms with Crippen LogP contribution in [0.3, 0.4) is 0 Å². The van der Waals surface area contributed by atoms with Crippen LogP contribution in [-0.4, -0.2) is 5.16 Å². The Labute approximate surface area is 56.7 Å². The van der Waals surface area contributed by atoms with Gasteiger partial charge in [0.15, 0.2) is 5.76 Å². The summed E-state index contributed by atoms with van der Waals surface area (Å²) in [6, 6.07) is 3.49. The maximum absolute atomic E-state index is 6.69. The third-order valence-electron chi connectivity index (χ3n) is 1.38. The number of rotatable bonds is 1. The number of aromatic nitrogens is 1. The number of hydrogen-bond donors (Lipinski definition) is 2. The van der Waals surface area contributed by atoms with E-state index in [1.807, 2.05) is 0 Å². The molecule has 10 heavy (non-hydrogen) atoms. The van der Waals surface area contributed by atoms with E-state index in [-0.39, 0.29) is 0 Å². The van der Waals surface area contributed by atoms with Gasteiger partial charge in [0.1, 0.15) is 0 Å². The van der Waals surface area contributed by atoms with E-state index in [0.29, 0.717) is 5.69 Å². The van der Waals surface area contributed by atoms with E-state index in [1.54, 1.807) is 18.3 Å². The highest BCUT2D eigenvalue weighted by Gasteiger charge is 2.08. The molecule has 1 heterocycles. The Kier molecular flexibility index (Phi) is 0.887. The van der Waals surface area contributed by atoms with E-state index in [0.717, 1.165) is 11.3 Å². The minimum Gasteiger partial charge on any atom is -0.382 e. The van der Waals surface area contributed by atoms with Crippen LogP contribution < -0.4 is 0 Å². The fourth-order valence-corrected chi connectivity index (χ4v) is 0.912. The number of H-pyrrole nitrogens is 1. The van der Waals surface area contributed by atoms with Crippen LogP contribution in [0, 0.1) is 5.53 Å². The van der Waals surface area contributed by atoms with Crippen LogP contribution in [0.4, 0.5) is 5.69 Å². The van der Waals surface area contributed by atoms with Crippen molar-refractivity contribution >= 4 is 5.69 Å². The molecule has 50 valence electrons. The monoisotopic (exact) mass is 135 g/mol. The van der Waals surface area contributed by atoms with Gasteiger partial charge in [0.25, 0.3) is 0 Å². The second-order valence-corrected chi connectivity index (χ2v) is 2.01. The number of nitrogens with one attached hydrogen (secondary N) is 2. The zero-order chi connectivity index (χ0) is 6.97. The minimum absolute atomic E-state index is 0.628. The molecule has 4 nitrogen and oxygen atoms in total. The van der Waals surface area contributed by atoms with Gasteiger partial charge in [-0.1, -0.05) is 0 Å². The molecular weight excluding hydrogens is 130 g/mol. The first-order valence-corrected chi connectivity index (χ1v) is 2.84. The smallest absolute Gasteiger partial charge is 0.166 e. The largest absolute Gasteiger partial charge is 0.382 e. The fourth-order valence-electron chi connectivity index (χ4n) is 0.912. The van der Waals surface area contributed by atoms with Crippen molar-refractivity contribution in [3.05, 3.63) is 18.3 Å². The van der Waals surface area contributed by atoms with Gasteiger partial charge in [0.2, 0.25) is 0 Å². The van der Waals surface area contributed by atoms with Gasteiger partial charge in [0.05, 0.1) is 5.69 Å². The Morgan fingerprint density at radius 3 is 3.10 bits per heavy atom. The molecule has 2 aliphatic rings. The highest BCUT2D eigenvalue weighted by atomic mass is 16.5. The first-order chi connectivity index (χ1) is 4.90. The fraction of sp³-hybridized carbons (Fsp3) is 0. The van der Waals surface area contributed by atoms with Gasteiger partial charge in [-0.15, -0.1) is 0 Å². The van der Waals surface area contributed by atoms with Crippen molar-refractivity contribution in [2.75, 3.05) is 0 Å². The quantitative estimate of drug-likeness (QED) is 0.579. The van der Waals surface area contributed by atoms with Gasteiger partial charge in [-0.25, -0.2) is 10.7 Å². The Balaban J connectivity index is 2.67. The minimum atomic E-state index is 0.628. The van der Waals surface area contributed by atoms with Crippen LogP contribution in [-0.2, 0) is 0 Å². The molecule has 0 aromatic carbocycles. The SMILES string of the molecule is N=Nc1cc2c[nH]oc-2c1. The van der Waals surface area contributed by atoms with Crippen molar-refractivity contribution in [1.29, 1.82) is 5.53 Å². The molecule has 2 rings (SSSR count). The van der Waals surface area contributed by atoms with Crippen molar-refractivity contribution < 1.29 is 4.52 Å². The third-order valence-corrected chi connectivity index (χ3v) is 1.38. The molecule has 0 saturated heterocycles. The molecule has 0 aromatic heterocycles. The van der Waals surface area contributed by atoms with Crippen LogP contribution in [0.15, 0.2) is 28.0 Å². The normalized spacial score (nSPS) is 10.4. The summed E-state index contributed by atoms with van der Waals surface area (Å²) in [4.78, 5) is 0. The Morgan fingerprint density at radius 1 is 1.50 bits per heavy atom. The number of aromatic amines is 1. The first-order valence-electron chi connectivity index (χ1n) is 2.84. The third kappa shape index (κ3) is 0.556. The molecule has 0 radical (unpaired) electrons. The first kappa shape index (κ1) is 5.22. The Hall–Kier alpha value is -1.58. The summed E-state index contributed by atoms with van der Waals surface area (Å²) < 4.78 is 4.93. The number of hydrogen-bond acceptors (Lipinski definition) is 3. The Bertz CT molecular complexity index is 296. The molecule has 0 unspecified atom stereocenters. The van der Waals surface area contributed by atoms with Crippen LogP contribution in [0.1, 0.15) is 0 Å². The lowest BCUT2D eigenvalue weighted by Gasteiger charge is -1.74. The molecule has 0 fully saturated rings. The summed E-state index contributed by atoms with van der Waals surface area (Å²) in [5.74, 6) is 0.742. The van der Waals surface area contributed by atoms with Gasteiger partial charge in [0, 0.05) is 17.8 Å². The lowest BCUT2D eigenvalue weighted by Crippen LogP contribution is -1.52. The van der Waals surface area contributed by atoms with Crippen molar-refractivity contribution in [3.8, 4) is 11.3 Å². The molecule has 0 amide bonds. The predicted octanol–water partition coefficient (Wildman–Crippen LogP) is 2.37. The summed E-state index contributed by atoms with van der Waals surface area (Å²) in [6.45, 7) is 0. The van der Waals surface area contributed by atoms with Gasteiger partial charge in [-0.2, -0.15) is 5.11 Å². The molecule has 1 aliphatic heterocycles. The molecule has 2 N–H and O–H groups in total. The van der Waals surface area contributed by atoms with E-state index < -0.39 is 0 Å². The molecule has 4 heteroatoms. The molecule has 0 bridgehead atoms. The standard InChI is InChI=1S/C6H5N3O/c7-9-5-1-4-3-8-10-6(4)2-5/h1-3,7-8H. The summed E-state index contributed by atoms with van der Waals surface area (Å²) in [5.41, 5.74) is 8.27. The lowest BCUT2D eigenvalue weighted by molar-refractivity contribution is 0.434. The predicted molar refractivity (Wildman–Crippen MR) is 34.5 cm³/mol. The highest BCUT2D eigenvalue weighted by molar-refractivity contribution is 5.68. The second kappa shape index (κ2) is 1.70. The lowest BCUT2D eigenvalue weighted by atomic mass is 10.3. The Morgan fingerprint density at radius 2 is 2.40 bits per heavy atom. The van der Waals surface area contributed by atoms with E-state index >= 15 is 0 Å². The van der Waals surface area contributed by atoms with Crippen molar-refractivity contribution in [1.82, 2.24) is 5.16 Å². The average molecular weight is 135 g/mol. The van der Waals surface area contributed by atoms with E-state index in [1.165, 1.54) is 0 Å². The van der Waals surface area contributed by atoms with Crippen LogP contribution in [0.25, 0.3) is 11.3 Å². The molecule has 0 aromatic rings. The summed E-state index contributed by atoms with van der Waals surface area (Å²) in [6.07, 6.45) is 1.73. The van der Waals surface area contributed by atoms with Crippen molar-refractivity contribution in [2.45, 2.75) is 0 Å². The van der Waals surface area contributed by atoms with Crippen molar-refractivity contribution in [2.24, 2.45) is 5.11 Å². The molecule has 0 saturated carbocycles. The highest BCUT2D eigenvalue weighted by Crippen LogP contribution is 2.29. The van der Waals surface area contributed by atoms with E-state index in [9.17, 15) is 0 Å². The average Bonchev–Trinajstić information content (AvgIpc) is 2.42. The molecule has 0 atom stereocenters. The maximum atomic E-state index is 6.69.